The van der Waals surface area contributed by atoms with Gasteiger partial charge < -0.3 is 9.73 Å². The minimum atomic E-state index is -0.376. The number of hydrogen-bond donors (Lipinski definition) is 1. The first-order chi connectivity index (χ1) is 14.5. The van der Waals surface area contributed by atoms with Crippen LogP contribution in [-0.2, 0) is 6.42 Å². The summed E-state index contributed by atoms with van der Waals surface area (Å²) in [6.45, 7) is 2.39. The molecule has 0 radical (unpaired) electrons. The summed E-state index contributed by atoms with van der Waals surface area (Å²) in [5.41, 5.74) is 2.81. The molecule has 0 saturated heterocycles. The van der Waals surface area contributed by atoms with Crippen LogP contribution in [0, 0.1) is 6.92 Å². The second-order valence-electron chi connectivity index (χ2n) is 6.73. The van der Waals surface area contributed by atoms with Crippen LogP contribution in [0.25, 0.3) is 17.3 Å². The van der Waals surface area contributed by atoms with Gasteiger partial charge in [0, 0.05) is 16.6 Å². The van der Waals surface area contributed by atoms with Crippen molar-refractivity contribution in [3.63, 3.8) is 0 Å². The van der Waals surface area contributed by atoms with Crippen LogP contribution >= 0.6 is 23.2 Å². The number of amides is 1. The van der Waals surface area contributed by atoms with Gasteiger partial charge in [0.25, 0.3) is 5.91 Å². The van der Waals surface area contributed by atoms with Gasteiger partial charge in [-0.25, -0.2) is 4.68 Å². The molecule has 4 aromatic rings. The van der Waals surface area contributed by atoms with Gasteiger partial charge in [-0.1, -0.05) is 47.0 Å². The molecule has 1 N–H and O–H groups in total. The first kappa shape index (κ1) is 20.2. The second kappa shape index (κ2) is 8.73. The Labute approximate surface area is 183 Å². The molecule has 152 valence electrons. The number of carbonyl (C=O) groups is 1. The fraction of sp³-hybridized carbons (Fsp3) is 0.136. The van der Waals surface area contributed by atoms with Crippen LogP contribution in [0.4, 0.5) is 0 Å². The molecule has 8 heteroatoms. The zero-order chi connectivity index (χ0) is 21.1. The zero-order valence-corrected chi connectivity index (χ0v) is 17.6. The van der Waals surface area contributed by atoms with E-state index in [1.807, 2.05) is 37.3 Å². The Hall–Kier alpha value is -3.09. The molecular weight excluding hydrogens is 423 g/mol. The van der Waals surface area contributed by atoms with Crippen molar-refractivity contribution in [1.82, 2.24) is 20.1 Å². The van der Waals surface area contributed by atoms with Crippen molar-refractivity contribution < 1.29 is 9.21 Å². The second-order valence-corrected chi connectivity index (χ2v) is 7.57. The SMILES string of the molecule is Cc1ccc(-n2nc(C(=O)NCCc3ccc(Cl)cc3Cl)nc2-c2ccco2)cc1. The van der Waals surface area contributed by atoms with E-state index >= 15 is 0 Å². The van der Waals surface area contributed by atoms with E-state index < -0.39 is 0 Å². The highest BCUT2D eigenvalue weighted by atomic mass is 35.5. The number of nitrogens with one attached hydrogen (secondary N) is 1. The standard InChI is InChI=1S/C22H18Cl2N4O2/c1-14-4-8-17(9-5-14)28-21(19-3-2-12-30-19)26-20(27-28)22(29)25-11-10-15-6-7-16(23)13-18(15)24/h2-9,12-13H,10-11H2,1H3,(H,25,29). The summed E-state index contributed by atoms with van der Waals surface area (Å²) in [7, 11) is 0. The zero-order valence-electron chi connectivity index (χ0n) is 16.1. The summed E-state index contributed by atoms with van der Waals surface area (Å²) in [4.78, 5) is 17.1. The van der Waals surface area contributed by atoms with Gasteiger partial charge in [0.05, 0.1) is 12.0 Å². The van der Waals surface area contributed by atoms with Crippen LogP contribution in [0.5, 0.6) is 0 Å². The Morgan fingerprint density at radius 3 is 2.63 bits per heavy atom. The first-order valence-electron chi connectivity index (χ1n) is 9.31. The number of rotatable bonds is 6. The summed E-state index contributed by atoms with van der Waals surface area (Å²) < 4.78 is 7.08. The van der Waals surface area contributed by atoms with E-state index in [2.05, 4.69) is 15.4 Å². The molecule has 0 spiro atoms. The normalized spacial score (nSPS) is 10.9. The van der Waals surface area contributed by atoms with Gasteiger partial charge in [-0.15, -0.1) is 5.10 Å². The highest BCUT2D eigenvalue weighted by Crippen LogP contribution is 2.23. The van der Waals surface area contributed by atoms with Gasteiger partial charge in [0.1, 0.15) is 0 Å². The van der Waals surface area contributed by atoms with Gasteiger partial charge in [0.15, 0.2) is 11.6 Å². The molecule has 6 nitrogen and oxygen atoms in total. The van der Waals surface area contributed by atoms with E-state index in [1.54, 1.807) is 35.2 Å². The third kappa shape index (κ3) is 4.40. The predicted octanol–water partition coefficient (Wildman–Crippen LogP) is 5.12. The molecule has 0 unspecified atom stereocenters. The molecule has 0 aliphatic rings. The number of aryl methyl sites for hydroxylation is 1. The first-order valence-corrected chi connectivity index (χ1v) is 10.1. The molecule has 0 atom stereocenters. The number of halogens is 2. The molecule has 0 aliphatic heterocycles. The lowest BCUT2D eigenvalue weighted by Crippen LogP contribution is -2.27. The van der Waals surface area contributed by atoms with E-state index in [0.717, 1.165) is 16.8 Å². The topological polar surface area (TPSA) is 73.0 Å². The number of benzene rings is 2. The lowest BCUT2D eigenvalue weighted by Gasteiger charge is -2.06. The van der Waals surface area contributed by atoms with Gasteiger partial charge in [-0.2, -0.15) is 4.98 Å². The van der Waals surface area contributed by atoms with Crippen molar-refractivity contribution >= 4 is 29.1 Å². The molecular formula is C22H18Cl2N4O2. The fourth-order valence-electron chi connectivity index (χ4n) is 2.95. The lowest BCUT2D eigenvalue weighted by atomic mass is 10.1. The Morgan fingerprint density at radius 2 is 1.93 bits per heavy atom. The molecule has 0 fully saturated rings. The Morgan fingerprint density at radius 1 is 1.13 bits per heavy atom. The third-order valence-electron chi connectivity index (χ3n) is 4.53. The highest BCUT2D eigenvalue weighted by molar-refractivity contribution is 6.35. The number of aromatic nitrogens is 3. The maximum absolute atomic E-state index is 12.7. The number of carbonyl (C=O) groups excluding carboxylic acids is 1. The number of hydrogen-bond acceptors (Lipinski definition) is 4. The Bertz CT molecular complexity index is 1170. The summed E-state index contributed by atoms with van der Waals surface area (Å²) in [5, 5.41) is 8.39. The largest absolute Gasteiger partial charge is 0.461 e. The van der Waals surface area contributed by atoms with E-state index in [-0.39, 0.29) is 11.7 Å². The van der Waals surface area contributed by atoms with Crippen molar-refractivity contribution in [3.05, 3.63) is 87.9 Å². The average molecular weight is 441 g/mol. The Kier molecular flexibility index (Phi) is 5.88. The maximum atomic E-state index is 12.7. The lowest BCUT2D eigenvalue weighted by molar-refractivity contribution is 0.0944. The molecule has 1 amide bonds. The van der Waals surface area contributed by atoms with E-state index in [4.69, 9.17) is 27.6 Å². The van der Waals surface area contributed by atoms with Crippen molar-refractivity contribution in [3.8, 4) is 17.3 Å². The summed E-state index contributed by atoms with van der Waals surface area (Å²) in [6.07, 6.45) is 2.12. The van der Waals surface area contributed by atoms with Crippen LogP contribution in [0.1, 0.15) is 21.7 Å². The van der Waals surface area contributed by atoms with E-state index in [0.29, 0.717) is 34.6 Å². The Balaban J connectivity index is 1.54. The van der Waals surface area contributed by atoms with Crippen molar-refractivity contribution in [1.29, 1.82) is 0 Å². The van der Waals surface area contributed by atoms with E-state index in [1.165, 1.54) is 0 Å². The fourth-order valence-corrected chi connectivity index (χ4v) is 3.46. The predicted molar refractivity (Wildman–Crippen MR) is 116 cm³/mol. The van der Waals surface area contributed by atoms with Crippen LogP contribution in [0.2, 0.25) is 10.0 Å². The summed E-state index contributed by atoms with van der Waals surface area (Å²) >= 11 is 12.1. The molecule has 2 aromatic heterocycles. The third-order valence-corrected chi connectivity index (χ3v) is 5.11. The number of furan rings is 1. The van der Waals surface area contributed by atoms with Crippen LogP contribution < -0.4 is 5.32 Å². The smallest absolute Gasteiger partial charge is 0.291 e. The van der Waals surface area contributed by atoms with Crippen molar-refractivity contribution in [2.45, 2.75) is 13.3 Å². The van der Waals surface area contributed by atoms with Gasteiger partial charge in [-0.05, 0) is 55.3 Å². The minimum Gasteiger partial charge on any atom is -0.461 e. The van der Waals surface area contributed by atoms with Crippen LogP contribution in [0.15, 0.2) is 65.3 Å². The quantitative estimate of drug-likeness (QED) is 0.451. The number of nitrogens with zero attached hydrogens (tertiary/aromatic N) is 3. The molecule has 0 saturated carbocycles. The summed E-state index contributed by atoms with van der Waals surface area (Å²) in [6, 6.07) is 16.6. The van der Waals surface area contributed by atoms with Gasteiger partial charge >= 0.3 is 0 Å². The van der Waals surface area contributed by atoms with Crippen LogP contribution in [0.3, 0.4) is 0 Å². The molecule has 0 aliphatic carbocycles. The molecule has 30 heavy (non-hydrogen) atoms. The van der Waals surface area contributed by atoms with Gasteiger partial charge in [0.2, 0.25) is 5.82 Å². The summed E-state index contributed by atoms with van der Waals surface area (Å²) in [5.74, 6) is 0.660. The molecule has 2 heterocycles. The molecule has 4 rings (SSSR count). The van der Waals surface area contributed by atoms with Crippen molar-refractivity contribution in [2.75, 3.05) is 6.54 Å². The molecule has 0 bridgehead atoms. The molecule has 2 aromatic carbocycles. The minimum absolute atomic E-state index is 0.0594. The van der Waals surface area contributed by atoms with Crippen molar-refractivity contribution in [2.24, 2.45) is 0 Å². The van der Waals surface area contributed by atoms with Gasteiger partial charge in [-0.3, -0.25) is 4.79 Å². The highest BCUT2D eigenvalue weighted by Gasteiger charge is 2.20. The monoisotopic (exact) mass is 440 g/mol. The van der Waals surface area contributed by atoms with E-state index in [9.17, 15) is 4.79 Å². The van der Waals surface area contributed by atoms with Crippen LogP contribution in [-0.4, -0.2) is 27.2 Å². The average Bonchev–Trinajstić information content (AvgIpc) is 3.40. The maximum Gasteiger partial charge on any atom is 0.291 e.